The molecule has 1 atom stereocenters. The normalized spacial score (nSPS) is 11.8. The fourth-order valence-corrected chi connectivity index (χ4v) is 3.03. The van der Waals surface area contributed by atoms with Crippen LogP contribution in [-0.2, 0) is 25.4 Å². The predicted molar refractivity (Wildman–Crippen MR) is 135 cm³/mol. The summed E-state index contributed by atoms with van der Waals surface area (Å²) in [4.78, 5) is 43.8. The highest BCUT2D eigenvalue weighted by Crippen LogP contribution is 2.38. The largest absolute Gasteiger partial charge is 0.493 e. The second-order valence-corrected chi connectivity index (χ2v) is 8.41. The summed E-state index contributed by atoms with van der Waals surface area (Å²) in [5.74, 6) is -5.75. The van der Waals surface area contributed by atoms with E-state index in [9.17, 15) is 40.7 Å². The van der Waals surface area contributed by atoms with Crippen molar-refractivity contribution in [1.82, 2.24) is 5.32 Å². The summed E-state index contributed by atoms with van der Waals surface area (Å²) in [6.45, 7) is 1.27. The summed E-state index contributed by atoms with van der Waals surface area (Å²) in [6, 6.07) is 8.54. The smallest absolute Gasteiger partial charge is 0.490 e. The Balaban J connectivity index is 0.00000112. The first kappa shape index (κ1) is 35.2. The minimum Gasteiger partial charge on any atom is -0.493 e. The Labute approximate surface area is 234 Å². The third kappa shape index (κ3) is 12.6. The van der Waals surface area contributed by atoms with Gasteiger partial charge in [0.2, 0.25) is 11.8 Å². The summed E-state index contributed by atoms with van der Waals surface area (Å²) in [5, 5.41) is 28.1. The standard InChI is InChI=1S/C23H25F3N4O5.C2HF3O2/c1-13(29-19(31)12-20(32)30-16-7-4-14(5-8-16)22(27)28)15-6-9-18(17(11-15)23(24,25)26)35-10-2-3-21(33)34;3-2(4,5)1(6)7/h4-9,11,13H,2-3,10,12H2,1H3,(H3,27,28)(H,29,31)(H,30,32)(H,33,34);(H,6,7). The van der Waals surface area contributed by atoms with E-state index in [-0.39, 0.29) is 30.8 Å². The number of carboxylic acid groups (broad SMARTS) is 2. The number of nitrogens with one attached hydrogen (secondary N) is 3. The van der Waals surface area contributed by atoms with Crippen molar-refractivity contribution in [1.29, 1.82) is 5.41 Å². The van der Waals surface area contributed by atoms with Crippen LogP contribution in [0.3, 0.4) is 0 Å². The first-order chi connectivity index (χ1) is 19.3. The molecule has 0 fully saturated rings. The zero-order chi connectivity index (χ0) is 32.3. The Bertz CT molecular complexity index is 1280. The number of rotatable bonds is 11. The van der Waals surface area contributed by atoms with Crippen molar-refractivity contribution in [2.24, 2.45) is 5.73 Å². The van der Waals surface area contributed by atoms with E-state index in [1.807, 2.05) is 0 Å². The number of ether oxygens (including phenoxy) is 1. The Morgan fingerprint density at radius 3 is 2.02 bits per heavy atom. The van der Waals surface area contributed by atoms with Gasteiger partial charge < -0.3 is 31.3 Å². The van der Waals surface area contributed by atoms with Gasteiger partial charge in [-0.3, -0.25) is 19.8 Å². The number of halogens is 6. The van der Waals surface area contributed by atoms with Crippen LogP contribution in [-0.4, -0.2) is 52.6 Å². The third-order valence-corrected chi connectivity index (χ3v) is 5.02. The van der Waals surface area contributed by atoms with Crippen molar-refractivity contribution in [3.05, 3.63) is 59.2 Å². The van der Waals surface area contributed by atoms with Gasteiger partial charge in [0.25, 0.3) is 0 Å². The molecule has 0 saturated carbocycles. The molecule has 2 aromatic rings. The number of alkyl halides is 6. The van der Waals surface area contributed by atoms with Gasteiger partial charge in [-0.2, -0.15) is 26.3 Å². The van der Waals surface area contributed by atoms with Crippen LogP contribution in [0.4, 0.5) is 32.0 Å². The molecule has 230 valence electrons. The number of hydrogen-bond donors (Lipinski definition) is 6. The molecular formula is C25H26F6N4O7. The molecule has 0 aromatic heterocycles. The van der Waals surface area contributed by atoms with Crippen LogP contribution in [0.1, 0.15) is 48.9 Å². The van der Waals surface area contributed by atoms with Crippen molar-refractivity contribution in [2.75, 3.05) is 11.9 Å². The lowest BCUT2D eigenvalue weighted by Gasteiger charge is -2.19. The average molecular weight is 608 g/mol. The number of hydrogen-bond acceptors (Lipinski definition) is 6. The van der Waals surface area contributed by atoms with E-state index in [0.717, 1.165) is 12.1 Å². The average Bonchev–Trinajstić information content (AvgIpc) is 2.85. The second kappa shape index (κ2) is 15.2. The number of aliphatic carboxylic acids is 2. The number of carbonyl (C=O) groups excluding carboxylic acids is 2. The quantitative estimate of drug-likeness (QED) is 0.0723. The highest BCUT2D eigenvalue weighted by Gasteiger charge is 2.38. The lowest BCUT2D eigenvalue weighted by Crippen LogP contribution is -2.30. The van der Waals surface area contributed by atoms with Crippen molar-refractivity contribution in [3.8, 4) is 5.75 Å². The lowest BCUT2D eigenvalue weighted by atomic mass is 10.0. The fraction of sp³-hybridized carbons (Fsp3) is 0.320. The highest BCUT2D eigenvalue weighted by atomic mass is 19.4. The van der Waals surface area contributed by atoms with Crippen molar-refractivity contribution in [3.63, 3.8) is 0 Å². The lowest BCUT2D eigenvalue weighted by molar-refractivity contribution is -0.192. The maximum atomic E-state index is 13.5. The summed E-state index contributed by atoms with van der Waals surface area (Å²) in [7, 11) is 0. The van der Waals surface area contributed by atoms with E-state index in [1.54, 1.807) is 0 Å². The van der Waals surface area contributed by atoms with Crippen molar-refractivity contribution < 1.29 is 60.5 Å². The maximum Gasteiger partial charge on any atom is 0.490 e. The van der Waals surface area contributed by atoms with E-state index in [4.69, 9.17) is 30.9 Å². The number of carbonyl (C=O) groups is 4. The first-order valence-electron chi connectivity index (χ1n) is 11.7. The third-order valence-electron chi connectivity index (χ3n) is 5.02. The molecule has 0 spiro atoms. The molecule has 0 aliphatic heterocycles. The van der Waals surface area contributed by atoms with E-state index in [0.29, 0.717) is 11.3 Å². The Morgan fingerprint density at radius 1 is 0.976 bits per heavy atom. The van der Waals surface area contributed by atoms with Crippen LogP contribution in [0, 0.1) is 5.41 Å². The van der Waals surface area contributed by atoms with Gasteiger partial charge in [0.1, 0.15) is 18.0 Å². The topological polar surface area (TPSA) is 192 Å². The molecule has 0 heterocycles. The van der Waals surface area contributed by atoms with Gasteiger partial charge in [0.05, 0.1) is 18.2 Å². The van der Waals surface area contributed by atoms with Gasteiger partial charge in [-0.15, -0.1) is 0 Å². The van der Waals surface area contributed by atoms with E-state index in [1.165, 1.54) is 37.3 Å². The molecule has 2 rings (SSSR count). The molecule has 0 radical (unpaired) electrons. The van der Waals surface area contributed by atoms with Crippen molar-refractivity contribution >= 4 is 35.3 Å². The van der Waals surface area contributed by atoms with E-state index in [2.05, 4.69) is 10.6 Å². The molecule has 0 aliphatic carbocycles. The van der Waals surface area contributed by atoms with Crippen LogP contribution in [0.25, 0.3) is 0 Å². The number of amides is 2. The number of nitrogens with two attached hydrogens (primary N) is 1. The van der Waals surface area contributed by atoms with Crippen LogP contribution in [0.2, 0.25) is 0 Å². The molecule has 7 N–H and O–H groups in total. The molecular weight excluding hydrogens is 582 g/mol. The van der Waals surface area contributed by atoms with Gasteiger partial charge in [-0.25, -0.2) is 4.79 Å². The summed E-state index contributed by atoms with van der Waals surface area (Å²) >= 11 is 0. The van der Waals surface area contributed by atoms with Gasteiger partial charge in [-0.1, -0.05) is 6.07 Å². The number of carboxylic acids is 2. The Morgan fingerprint density at radius 2 is 1.55 bits per heavy atom. The maximum absolute atomic E-state index is 13.5. The van der Waals surface area contributed by atoms with Gasteiger partial charge >= 0.3 is 24.3 Å². The molecule has 2 amide bonds. The molecule has 42 heavy (non-hydrogen) atoms. The molecule has 1 unspecified atom stereocenters. The van der Waals surface area contributed by atoms with Crippen LogP contribution < -0.4 is 21.1 Å². The van der Waals surface area contributed by atoms with Gasteiger partial charge in [0.15, 0.2) is 0 Å². The fourth-order valence-electron chi connectivity index (χ4n) is 3.03. The molecule has 2 aromatic carbocycles. The minimum absolute atomic E-state index is 0.0454. The molecule has 0 bridgehead atoms. The minimum atomic E-state index is -5.08. The van der Waals surface area contributed by atoms with E-state index >= 15 is 0 Å². The molecule has 11 nitrogen and oxygen atoms in total. The monoisotopic (exact) mass is 608 g/mol. The van der Waals surface area contributed by atoms with Crippen LogP contribution in [0.15, 0.2) is 42.5 Å². The molecule has 17 heteroatoms. The van der Waals surface area contributed by atoms with Gasteiger partial charge in [-0.05, 0) is 55.3 Å². The van der Waals surface area contributed by atoms with Crippen LogP contribution >= 0.6 is 0 Å². The Kier molecular flexibility index (Phi) is 12.8. The number of amidine groups is 1. The predicted octanol–water partition coefficient (Wildman–Crippen LogP) is 4.07. The highest BCUT2D eigenvalue weighted by molar-refractivity contribution is 6.04. The summed E-state index contributed by atoms with van der Waals surface area (Å²) in [5.41, 5.74) is 5.29. The van der Waals surface area contributed by atoms with E-state index < -0.39 is 59.9 Å². The van der Waals surface area contributed by atoms with Crippen molar-refractivity contribution in [2.45, 2.75) is 44.6 Å². The molecule has 0 saturated heterocycles. The summed E-state index contributed by atoms with van der Waals surface area (Å²) in [6.07, 6.45) is -10.6. The zero-order valence-electron chi connectivity index (χ0n) is 21.7. The number of anilines is 1. The summed E-state index contributed by atoms with van der Waals surface area (Å²) < 4.78 is 77.4. The number of benzene rings is 2. The molecule has 0 aliphatic rings. The SMILES string of the molecule is CC(NC(=O)CC(=O)Nc1ccc(C(=N)N)cc1)c1ccc(OCCCC(=O)O)c(C(F)(F)F)c1.O=C(O)C(F)(F)F. The first-order valence-corrected chi connectivity index (χ1v) is 11.7. The van der Waals surface area contributed by atoms with Crippen LogP contribution in [0.5, 0.6) is 5.75 Å². The second-order valence-electron chi connectivity index (χ2n) is 8.41. The van der Waals surface area contributed by atoms with Gasteiger partial charge in [0, 0.05) is 17.7 Å². The Hall–Kier alpha value is -4.83. The number of nitrogen functional groups attached to an aromatic ring is 1. The zero-order valence-corrected chi connectivity index (χ0v) is 21.7.